The first-order chi connectivity index (χ1) is 13.0. The molecule has 3 aromatic rings. The highest BCUT2D eigenvalue weighted by Crippen LogP contribution is 2.26. The lowest BCUT2D eigenvalue weighted by Crippen LogP contribution is -2.18. The Morgan fingerprint density at radius 2 is 1.89 bits per heavy atom. The first-order valence-electron chi connectivity index (χ1n) is 7.83. The van der Waals surface area contributed by atoms with E-state index in [-0.39, 0.29) is 10.7 Å². The topological polar surface area (TPSA) is 93.8 Å². The maximum atomic E-state index is 12.5. The minimum atomic E-state index is -0.585. The van der Waals surface area contributed by atoms with Gasteiger partial charge in [-0.1, -0.05) is 41.9 Å². The Hall–Kier alpha value is -3.45. The van der Waals surface area contributed by atoms with Crippen LogP contribution in [0.1, 0.15) is 15.9 Å². The van der Waals surface area contributed by atoms with Gasteiger partial charge >= 0.3 is 0 Å². The number of nitro groups is 1. The Balaban J connectivity index is 1.82. The van der Waals surface area contributed by atoms with Gasteiger partial charge in [0.15, 0.2) is 0 Å². The van der Waals surface area contributed by atoms with Crippen LogP contribution in [-0.2, 0) is 0 Å². The van der Waals surface area contributed by atoms with E-state index in [4.69, 9.17) is 16.3 Å². The van der Waals surface area contributed by atoms with E-state index in [1.807, 2.05) is 24.3 Å². The van der Waals surface area contributed by atoms with E-state index < -0.39 is 10.8 Å². The Morgan fingerprint density at radius 1 is 1.19 bits per heavy atom. The number of nitrogens with one attached hydrogen (secondary N) is 1. The van der Waals surface area contributed by atoms with Crippen molar-refractivity contribution in [3.8, 4) is 5.75 Å². The molecule has 1 N–H and O–H groups in total. The predicted molar refractivity (Wildman–Crippen MR) is 104 cm³/mol. The second-order valence-corrected chi connectivity index (χ2v) is 5.97. The van der Waals surface area contributed by atoms with Crippen LogP contribution in [0.3, 0.4) is 0 Å². The van der Waals surface area contributed by atoms with Crippen LogP contribution < -0.4 is 10.2 Å². The number of hydrogen-bond donors (Lipinski definition) is 1. The van der Waals surface area contributed by atoms with E-state index in [2.05, 4.69) is 10.5 Å². The molecule has 27 heavy (non-hydrogen) atoms. The summed E-state index contributed by atoms with van der Waals surface area (Å²) < 4.78 is 5.29. The van der Waals surface area contributed by atoms with Crippen molar-refractivity contribution in [1.82, 2.24) is 5.43 Å². The van der Waals surface area contributed by atoms with E-state index >= 15 is 0 Å². The van der Waals surface area contributed by atoms with Crippen molar-refractivity contribution < 1.29 is 14.5 Å². The lowest BCUT2D eigenvalue weighted by molar-refractivity contribution is -0.384. The molecule has 3 aromatic carbocycles. The number of hydrogen-bond acceptors (Lipinski definition) is 5. The molecule has 1 amide bonds. The molecule has 0 bridgehead atoms. The third kappa shape index (κ3) is 4.04. The molecule has 0 aliphatic carbocycles. The second-order valence-electron chi connectivity index (χ2n) is 5.57. The Labute approximate surface area is 159 Å². The van der Waals surface area contributed by atoms with Gasteiger partial charge in [-0.25, -0.2) is 5.43 Å². The van der Waals surface area contributed by atoms with Gasteiger partial charge in [0.2, 0.25) is 0 Å². The number of rotatable bonds is 5. The molecule has 136 valence electrons. The van der Waals surface area contributed by atoms with Crippen molar-refractivity contribution in [2.75, 3.05) is 7.11 Å². The fourth-order valence-corrected chi connectivity index (χ4v) is 2.73. The summed E-state index contributed by atoms with van der Waals surface area (Å²) in [6.45, 7) is 0. The maximum Gasteiger partial charge on any atom is 0.288 e. The minimum Gasteiger partial charge on any atom is -0.496 e. The molecule has 0 saturated heterocycles. The third-order valence-corrected chi connectivity index (χ3v) is 4.18. The van der Waals surface area contributed by atoms with E-state index in [1.165, 1.54) is 25.5 Å². The molecule has 7 nitrogen and oxygen atoms in total. The summed E-state index contributed by atoms with van der Waals surface area (Å²) in [5.41, 5.74) is 2.92. The molecule has 0 aliphatic rings. The van der Waals surface area contributed by atoms with Crippen LogP contribution in [0, 0.1) is 10.1 Å². The SMILES string of the molecule is COc1cc2ccccc2cc1C(=O)NN=Cc1ccc(Cl)c([N+](=O)[O-])c1. The van der Waals surface area contributed by atoms with Gasteiger partial charge in [-0.05, 0) is 29.0 Å². The standard InChI is InChI=1S/C19H14ClN3O4/c1-27-18-10-14-5-3-2-4-13(14)9-15(18)19(24)22-21-11-12-6-7-16(20)17(8-12)23(25)26/h2-11H,1H3,(H,22,24). The molecule has 0 radical (unpaired) electrons. The summed E-state index contributed by atoms with van der Waals surface area (Å²) in [5, 5.41) is 16.6. The number of nitro benzene ring substituents is 1. The van der Waals surface area contributed by atoms with Crippen LogP contribution in [0.5, 0.6) is 5.75 Å². The molecule has 0 heterocycles. The fraction of sp³-hybridized carbons (Fsp3) is 0.0526. The number of methoxy groups -OCH3 is 1. The van der Waals surface area contributed by atoms with Gasteiger partial charge in [0.1, 0.15) is 10.8 Å². The largest absolute Gasteiger partial charge is 0.496 e. The summed E-state index contributed by atoms with van der Waals surface area (Å²) in [6.07, 6.45) is 1.30. The lowest BCUT2D eigenvalue weighted by atomic mass is 10.1. The highest BCUT2D eigenvalue weighted by Gasteiger charge is 2.14. The Bertz CT molecular complexity index is 1070. The fourth-order valence-electron chi connectivity index (χ4n) is 2.54. The predicted octanol–water partition coefficient (Wildman–Crippen LogP) is 4.17. The summed E-state index contributed by atoms with van der Waals surface area (Å²) in [5.74, 6) is -0.0409. The van der Waals surface area contributed by atoms with Gasteiger partial charge in [0, 0.05) is 11.6 Å². The summed E-state index contributed by atoms with van der Waals surface area (Å²) in [4.78, 5) is 22.8. The quantitative estimate of drug-likeness (QED) is 0.406. The molecule has 0 spiro atoms. The highest BCUT2D eigenvalue weighted by atomic mass is 35.5. The van der Waals surface area contributed by atoms with Gasteiger partial charge in [-0.3, -0.25) is 14.9 Å². The van der Waals surface area contributed by atoms with Crippen molar-refractivity contribution in [3.05, 3.63) is 80.9 Å². The van der Waals surface area contributed by atoms with E-state index in [9.17, 15) is 14.9 Å². The zero-order valence-electron chi connectivity index (χ0n) is 14.2. The van der Waals surface area contributed by atoms with Crippen LogP contribution in [0.2, 0.25) is 5.02 Å². The maximum absolute atomic E-state index is 12.5. The van der Waals surface area contributed by atoms with Gasteiger partial charge in [0.05, 0.1) is 23.8 Å². The Kier molecular flexibility index (Phi) is 5.33. The highest BCUT2D eigenvalue weighted by molar-refractivity contribution is 6.32. The number of hydrazone groups is 1. The van der Waals surface area contributed by atoms with Crippen LogP contribution in [0.15, 0.2) is 59.7 Å². The first-order valence-corrected chi connectivity index (χ1v) is 8.21. The third-order valence-electron chi connectivity index (χ3n) is 3.86. The zero-order valence-corrected chi connectivity index (χ0v) is 14.9. The van der Waals surface area contributed by atoms with Crippen molar-refractivity contribution in [3.63, 3.8) is 0 Å². The summed E-state index contributed by atoms with van der Waals surface area (Å²) in [6, 6.07) is 15.3. The van der Waals surface area contributed by atoms with Gasteiger partial charge < -0.3 is 4.74 Å². The van der Waals surface area contributed by atoms with Crippen LogP contribution in [-0.4, -0.2) is 24.2 Å². The van der Waals surface area contributed by atoms with E-state index in [0.717, 1.165) is 10.8 Å². The minimum absolute atomic E-state index is 0.0297. The van der Waals surface area contributed by atoms with Crippen molar-refractivity contribution in [2.24, 2.45) is 5.10 Å². The summed E-state index contributed by atoms with van der Waals surface area (Å²) >= 11 is 5.77. The second kappa shape index (κ2) is 7.84. The normalized spacial score (nSPS) is 10.9. The average molecular weight is 384 g/mol. The number of amides is 1. The van der Waals surface area contributed by atoms with E-state index in [0.29, 0.717) is 16.9 Å². The van der Waals surface area contributed by atoms with Crippen LogP contribution in [0.25, 0.3) is 10.8 Å². The Morgan fingerprint density at radius 3 is 2.56 bits per heavy atom. The smallest absolute Gasteiger partial charge is 0.288 e. The molecule has 8 heteroatoms. The molecule has 0 aromatic heterocycles. The number of nitrogens with zero attached hydrogens (tertiary/aromatic N) is 2. The number of ether oxygens (including phenoxy) is 1. The summed E-state index contributed by atoms with van der Waals surface area (Å²) in [7, 11) is 1.48. The molecule has 0 saturated carbocycles. The average Bonchev–Trinajstić information content (AvgIpc) is 2.67. The van der Waals surface area contributed by atoms with Gasteiger partial charge in [0.25, 0.3) is 11.6 Å². The molecular formula is C19H14ClN3O4. The zero-order chi connectivity index (χ0) is 19.4. The molecule has 0 fully saturated rings. The van der Waals surface area contributed by atoms with Crippen LogP contribution in [0.4, 0.5) is 5.69 Å². The molecule has 0 unspecified atom stereocenters. The molecule has 3 rings (SSSR count). The first kappa shape index (κ1) is 18.3. The van der Waals surface area contributed by atoms with Crippen molar-refractivity contribution in [2.45, 2.75) is 0 Å². The van der Waals surface area contributed by atoms with E-state index in [1.54, 1.807) is 18.2 Å². The molecule has 0 aliphatic heterocycles. The number of carbonyl (C=O) groups excluding carboxylic acids is 1. The van der Waals surface area contributed by atoms with Crippen molar-refractivity contribution >= 4 is 40.2 Å². The monoisotopic (exact) mass is 383 g/mol. The number of fused-ring (bicyclic) bond motifs is 1. The number of halogens is 1. The van der Waals surface area contributed by atoms with Gasteiger partial charge in [-0.2, -0.15) is 5.10 Å². The lowest BCUT2D eigenvalue weighted by Gasteiger charge is -2.09. The molecular weight excluding hydrogens is 370 g/mol. The number of benzene rings is 3. The van der Waals surface area contributed by atoms with Crippen LogP contribution >= 0.6 is 11.6 Å². The molecule has 0 atom stereocenters. The number of carbonyl (C=O) groups is 1. The van der Waals surface area contributed by atoms with Gasteiger partial charge in [-0.15, -0.1) is 0 Å². The van der Waals surface area contributed by atoms with Crippen molar-refractivity contribution in [1.29, 1.82) is 0 Å².